The summed E-state index contributed by atoms with van der Waals surface area (Å²) in [6.07, 6.45) is 10.6. The van der Waals surface area contributed by atoms with Gasteiger partial charge in [-0.15, -0.1) is 0 Å². The van der Waals surface area contributed by atoms with Crippen molar-refractivity contribution in [2.75, 3.05) is 0 Å². The Bertz CT molecular complexity index is 351. The summed E-state index contributed by atoms with van der Waals surface area (Å²) in [5.41, 5.74) is 1.39. The molecule has 1 N–H and O–H groups in total. The Balaban J connectivity index is 2.15. The lowest BCUT2D eigenvalue weighted by molar-refractivity contribution is 0.0450. The zero-order chi connectivity index (χ0) is 13.6. The summed E-state index contributed by atoms with van der Waals surface area (Å²) in [6, 6.07) is 10.7. The average Bonchev–Trinajstić information content (AvgIpc) is 2.49. The van der Waals surface area contributed by atoms with Gasteiger partial charge in [0.1, 0.15) is 0 Å². The maximum Gasteiger partial charge on any atom is 0.0636 e. The van der Waals surface area contributed by atoms with Crippen molar-refractivity contribution in [1.29, 1.82) is 0 Å². The summed E-state index contributed by atoms with van der Waals surface area (Å²) in [6.45, 7) is 2.22. The first-order chi connectivity index (χ1) is 9.29. The predicted octanol–water partition coefficient (Wildman–Crippen LogP) is 4.83. The average molecular weight is 260 g/mol. The van der Waals surface area contributed by atoms with Crippen LogP contribution in [0.25, 0.3) is 0 Å². The lowest BCUT2D eigenvalue weighted by Gasteiger charge is -2.42. The van der Waals surface area contributed by atoms with Crippen LogP contribution < -0.4 is 0 Å². The van der Waals surface area contributed by atoms with Crippen LogP contribution in [0, 0.1) is 0 Å². The highest BCUT2D eigenvalue weighted by molar-refractivity contribution is 5.27. The molecule has 2 rings (SSSR count). The smallest absolute Gasteiger partial charge is 0.0636 e. The molecule has 106 valence electrons. The molecule has 1 aromatic carbocycles. The highest BCUT2D eigenvalue weighted by atomic mass is 16.3. The molecule has 1 aliphatic rings. The number of hydrogen-bond acceptors (Lipinski definition) is 1. The van der Waals surface area contributed by atoms with E-state index in [9.17, 15) is 5.11 Å². The predicted molar refractivity (Wildman–Crippen MR) is 81.4 cm³/mol. The van der Waals surface area contributed by atoms with Gasteiger partial charge in [-0.1, -0.05) is 75.8 Å². The summed E-state index contributed by atoms with van der Waals surface area (Å²) >= 11 is 0. The van der Waals surface area contributed by atoms with E-state index in [1.807, 2.05) is 0 Å². The summed E-state index contributed by atoms with van der Waals surface area (Å²) in [7, 11) is 0. The standard InChI is InChI=1S/C18H28O/c1-2-3-6-13-17(19)18(14-9-5-10-15-18)16-11-7-4-8-12-16/h4,7-8,11-12,17,19H,2-3,5-6,9-10,13-15H2,1H3. The SMILES string of the molecule is CCCCCC(O)C1(c2ccccc2)CCCCC1. The normalized spacial score (nSPS) is 20.1. The molecule has 0 spiro atoms. The van der Waals surface area contributed by atoms with Gasteiger partial charge >= 0.3 is 0 Å². The number of hydrogen-bond donors (Lipinski definition) is 1. The molecule has 0 heterocycles. The Morgan fingerprint density at radius 1 is 1.05 bits per heavy atom. The molecule has 1 aliphatic carbocycles. The first kappa shape index (κ1) is 14.6. The van der Waals surface area contributed by atoms with Crippen molar-refractivity contribution >= 4 is 0 Å². The molecule has 0 bridgehead atoms. The van der Waals surface area contributed by atoms with Crippen LogP contribution in [0.15, 0.2) is 30.3 Å². The molecule has 0 amide bonds. The third kappa shape index (κ3) is 3.39. The van der Waals surface area contributed by atoms with Crippen LogP contribution in [0.2, 0.25) is 0 Å². The van der Waals surface area contributed by atoms with E-state index in [1.54, 1.807) is 0 Å². The Kier molecular flexibility index (Phi) is 5.45. The highest BCUT2D eigenvalue weighted by Gasteiger charge is 2.39. The van der Waals surface area contributed by atoms with Crippen LogP contribution in [-0.4, -0.2) is 11.2 Å². The van der Waals surface area contributed by atoms with Crippen molar-refractivity contribution in [2.45, 2.75) is 76.2 Å². The number of benzene rings is 1. The van der Waals surface area contributed by atoms with Gasteiger partial charge in [-0.05, 0) is 24.8 Å². The number of unbranched alkanes of at least 4 members (excludes halogenated alkanes) is 2. The molecule has 1 unspecified atom stereocenters. The van der Waals surface area contributed by atoms with E-state index in [0.717, 1.165) is 25.7 Å². The van der Waals surface area contributed by atoms with Gasteiger partial charge in [0.25, 0.3) is 0 Å². The van der Waals surface area contributed by atoms with E-state index in [-0.39, 0.29) is 11.5 Å². The van der Waals surface area contributed by atoms with Gasteiger partial charge in [0.15, 0.2) is 0 Å². The zero-order valence-electron chi connectivity index (χ0n) is 12.3. The Labute approximate surface area is 118 Å². The van der Waals surface area contributed by atoms with Crippen LogP contribution in [0.5, 0.6) is 0 Å². The first-order valence-corrected chi connectivity index (χ1v) is 8.03. The lowest BCUT2D eigenvalue weighted by atomic mass is 9.65. The quantitative estimate of drug-likeness (QED) is 0.726. The van der Waals surface area contributed by atoms with Gasteiger partial charge in [0.05, 0.1) is 6.10 Å². The molecule has 19 heavy (non-hydrogen) atoms. The molecule has 1 aromatic rings. The highest BCUT2D eigenvalue weighted by Crippen LogP contribution is 2.43. The number of rotatable bonds is 6. The van der Waals surface area contributed by atoms with Gasteiger partial charge in [0.2, 0.25) is 0 Å². The minimum absolute atomic E-state index is 0.0350. The van der Waals surface area contributed by atoms with Crippen molar-refractivity contribution in [3.63, 3.8) is 0 Å². The summed E-state index contributed by atoms with van der Waals surface area (Å²) < 4.78 is 0. The van der Waals surface area contributed by atoms with Gasteiger partial charge < -0.3 is 5.11 Å². The summed E-state index contributed by atoms with van der Waals surface area (Å²) in [4.78, 5) is 0. The van der Waals surface area contributed by atoms with E-state index in [4.69, 9.17) is 0 Å². The summed E-state index contributed by atoms with van der Waals surface area (Å²) in [5.74, 6) is 0. The van der Waals surface area contributed by atoms with Gasteiger partial charge in [-0.2, -0.15) is 0 Å². The van der Waals surface area contributed by atoms with E-state index < -0.39 is 0 Å². The molecule has 0 radical (unpaired) electrons. The van der Waals surface area contributed by atoms with E-state index >= 15 is 0 Å². The van der Waals surface area contributed by atoms with E-state index in [1.165, 1.54) is 37.7 Å². The van der Waals surface area contributed by atoms with Gasteiger partial charge in [0, 0.05) is 5.41 Å². The molecular weight excluding hydrogens is 232 g/mol. The van der Waals surface area contributed by atoms with Gasteiger partial charge in [-0.3, -0.25) is 0 Å². The van der Waals surface area contributed by atoms with Crippen LogP contribution in [0.3, 0.4) is 0 Å². The van der Waals surface area contributed by atoms with Crippen molar-refractivity contribution < 1.29 is 5.11 Å². The zero-order valence-corrected chi connectivity index (χ0v) is 12.3. The Hall–Kier alpha value is -0.820. The minimum atomic E-state index is -0.165. The molecule has 1 heteroatoms. The van der Waals surface area contributed by atoms with Crippen molar-refractivity contribution in [2.24, 2.45) is 0 Å². The Morgan fingerprint density at radius 2 is 1.74 bits per heavy atom. The maximum atomic E-state index is 10.8. The second-order valence-corrected chi connectivity index (χ2v) is 6.09. The van der Waals surface area contributed by atoms with Gasteiger partial charge in [-0.25, -0.2) is 0 Å². The van der Waals surface area contributed by atoms with Crippen molar-refractivity contribution in [1.82, 2.24) is 0 Å². The van der Waals surface area contributed by atoms with Crippen molar-refractivity contribution in [3.8, 4) is 0 Å². The second kappa shape index (κ2) is 7.09. The monoisotopic (exact) mass is 260 g/mol. The maximum absolute atomic E-state index is 10.8. The fraction of sp³-hybridized carbons (Fsp3) is 0.667. The third-order valence-corrected chi connectivity index (χ3v) is 4.81. The van der Waals surface area contributed by atoms with Crippen LogP contribution in [-0.2, 0) is 5.41 Å². The molecule has 0 aliphatic heterocycles. The number of aliphatic hydroxyl groups excluding tert-OH is 1. The third-order valence-electron chi connectivity index (χ3n) is 4.81. The minimum Gasteiger partial charge on any atom is -0.392 e. The topological polar surface area (TPSA) is 20.2 Å². The van der Waals surface area contributed by atoms with Crippen LogP contribution >= 0.6 is 0 Å². The fourth-order valence-electron chi connectivity index (χ4n) is 3.63. The van der Waals surface area contributed by atoms with Crippen molar-refractivity contribution in [3.05, 3.63) is 35.9 Å². The largest absolute Gasteiger partial charge is 0.392 e. The van der Waals surface area contributed by atoms with Crippen LogP contribution in [0.4, 0.5) is 0 Å². The molecule has 1 fully saturated rings. The second-order valence-electron chi connectivity index (χ2n) is 6.09. The molecular formula is C18H28O. The fourth-order valence-corrected chi connectivity index (χ4v) is 3.63. The molecule has 1 saturated carbocycles. The first-order valence-electron chi connectivity index (χ1n) is 8.03. The van der Waals surface area contributed by atoms with E-state index in [0.29, 0.717) is 0 Å². The molecule has 1 nitrogen and oxygen atoms in total. The van der Waals surface area contributed by atoms with Crippen LogP contribution in [0.1, 0.15) is 70.3 Å². The number of aliphatic hydroxyl groups is 1. The lowest BCUT2D eigenvalue weighted by Crippen LogP contribution is -2.41. The molecule has 0 saturated heterocycles. The summed E-state index contributed by atoms with van der Waals surface area (Å²) in [5, 5.41) is 10.8. The Morgan fingerprint density at radius 3 is 2.37 bits per heavy atom. The van der Waals surface area contributed by atoms with E-state index in [2.05, 4.69) is 37.3 Å². The molecule has 1 atom stereocenters. The molecule has 0 aromatic heterocycles.